The second-order valence-electron chi connectivity index (χ2n) is 14.5. The van der Waals surface area contributed by atoms with Crippen molar-refractivity contribution in [3.05, 3.63) is 215 Å². The van der Waals surface area contributed by atoms with Gasteiger partial charge in [0.15, 0.2) is 6.29 Å². The first-order chi connectivity index (χ1) is 28.3. The molecule has 300 valence electrons. The van der Waals surface area contributed by atoms with Crippen LogP contribution in [-0.4, -0.2) is 46.1 Å². The quantitative estimate of drug-likeness (QED) is 0.0776. The Bertz CT molecular complexity index is 2080. The highest BCUT2D eigenvalue weighted by Gasteiger charge is 2.58. The molecule has 0 bridgehead atoms. The van der Waals surface area contributed by atoms with E-state index in [0.717, 1.165) is 33.4 Å². The minimum Gasteiger partial charge on any atom is -0.368 e. The zero-order valence-corrected chi connectivity index (χ0v) is 33.0. The fourth-order valence-electron chi connectivity index (χ4n) is 7.43. The fraction of sp³-hybridized carbons (Fsp3) is 0.250. The molecule has 1 saturated heterocycles. The van der Waals surface area contributed by atoms with E-state index in [9.17, 15) is 14.4 Å². The molecule has 0 saturated carbocycles. The third-order valence-electron chi connectivity index (χ3n) is 10.2. The first kappa shape index (κ1) is 41.4. The minimum absolute atomic E-state index is 0.0842. The third-order valence-corrected chi connectivity index (χ3v) is 10.7. The van der Waals surface area contributed by atoms with Gasteiger partial charge in [-0.25, -0.2) is 4.57 Å². The molecular weight excluding hydrogens is 751 g/mol. The van der Waals surface area contributed by atoms with Gasteiger partial charge in [-0.15, -0.1) is 0 Å². The van der Waals surface area contributed by atoms with Crippen molar-refractivity contribution in [3.63, 3.8) is 0 Å². The number of phosphoric ester groups is 1. The second-order valence-corrected chi connectivity index (χ2v) is 15.7. The van der Waals surface area contributed by atoms with E-state index in [1.165, 1.54) is 0 Å². The number of benzene rings is 6. The molecule has 1 fully saturated rings. The summed E-state index contributed by atoms with van der Waals surface area (Å²) in [5.41, 5.74) is 4.30. The molecule has 6 aromatic rings. The van der Waals surface area contributed by atoms with Gasteiger partial charge in [-0.3, -0.25) is 4.52 Å². The summed E-state index contributed by atoms with van der Waals surface area (Å²) < 4.78 is 53.2. The van der Waals surface area contributed by atoms with Gasteiger partial charge in [-0.2, -0.15) is 0 Å². The van der Waals surface area contributed by atoms with E-state index in [-0.39, 0.29) is 26.4 Å². The van der Waals surface area contributed by atoms with Crippen LogP contribution in [0.25, 0.3) is 0 Å². The Morgan fingerprint density at radius 2 is 0.776 bits per heavy atom. The average Bonchev–Trinajstić information content (AvgIpc) is 3.25. The predicted molar refractivity (Wildman–Crippen MR) is 221 cm³/mol. The van der Waals surface area contributed by atoms with Gasteiger partial charge in [0.25, 0.3) is 0 Å². The number of phosphoric acid groups is 1. The van der Waals surface area contributed by atoms with Gasteiger partial charge in [0.1, 0.15) is 30.0 Å². The molecule has 0 amide bonds. The topological polar surface area (TPSA) is 113 Å². The lowest BCUT2D eigenvalue weighted by molar-refractivity contribution is -0.337. The van der Waals surface area contributed by atoms with Crippen LogP contribution in [-0.2, 0) is 72.0 Å². The van der Waals surface area contributed by atoms with Crippen LogP contribution in [0.1, 0.15) is 33.4 Å². The Balaban J connectivity index is 1.39. The molecule has 0 aliphatic carbocycles. The fourth-order valence-corrected chi connectivity index (χ4v) is 7.87. The van der Waals surface area contributed by atoms with Gasteiger partial charge in [-0.1, -0.05) is 182 Å². The van der Waals surface area contributed by atoms with Crippen LogP contribution < -0.4 is 0 Å². The molecule has 9 nitrogen and oxygen atoms in total. The van der Waals surface area contributed by atoms with Crippen LogP contribution in [0.3, 0.4) is 0 Å². The largest absolute Gasteiger partial charge is 0.472 e. The summed E-state index contributed by atoms with van der Waals surface area (Å²) in [6.45, 7) is 0.615. The molecule has 1 aliphatic heterocycles. The van der Waals surface area contributed by atoms with Gasteiger partial charge in [0, 0.05) is 12.8 Å². The lowest BCUT2D eigenvalue weighted by atomic mass is 9.77. The molecule has 1 heterocycles. The maximum atomic E-state index is 12.9. The highest BCUT2D eigenvalue weighted by molar-refractivity contribution is 7.46. The van der Waals surface area contributed by atoms with Crippen LogP contribution >= 0.6 is 7.82 Å². The van der Waals surface area contributed by atoms with E-state index in [1.54, 1.807) is 0 Å². The highest BCUT2D eigenvalue weighted by Crippen LogP contribution is 2.46. The van der Waals surface area contributed by atoms with Crippen molar-refractivity contribution >= 4 is 7.82 Å². The highest BCUT2D eigenvalue weighted by atomic mass is 31.2. The molecule has 10 heteroatoms. The zero-order valence-electron chi connectivity index (χ0n) is 32.1. The number of hydrogen-bond acceptors (Lipinski definition) is 7. The minimum atomic E-state index is -5.17. The second kappa shape index (κ2) is 20.3. The van der Waals surface area contributed by atoms with E-state index < -0.39 is 44.1 Å². The summed E-state index contributed by atoms with van der Waals surface area (Å²) in [7, 11) is -5.17. The van der Waals surface area contributed by atoms with Crippen LogP contribution in [0.15, 0.2) is 182 Å². The molecule has 58 heavy (non-hydrogen) atoms. The Labute approximate surface area is 340 Å². The third kappa shape index (κ3) is 11.7. The van der Waals surface area contributed by atoms with E-state index >= 15 is 0 Å². The van der Waals surface area contributed by atoms with Crippen molar-refractivity contribution in [2.75, 3.05) is 0 Å². The van der Waals surface area contributed by atoms with Crippen LogP contribution in [0.2, 0.25) is 0 Å². The lowest BCUT2D eigenvalue weighted by Gasteiger charge is -2.52. The summed E-state index contributed by atoms with van der Waals surface area (Å²) in [5, 5.41) is 0. The van der Waals surface area contributed by atoms with Crippen molar-refractivity contribution < 1.29 is 42.6 Å². The summed E-state index contributed by atoms with van der Waals surface area (Å²) in [6, 6.07) is 58.9. The molecule has 7 rings (SSSR count). The summed E-state index contributed by atoms with van der Waals surface area (Å²) in [4.78, 5) is 20.9. The van der Waals surface area contributed by atoms with Gasteiger partial charge in [0.05, 0.1) is 26.4 Å². The van der Waals surface area contributed by atoms with Crippen LogP contribution in [0, 0.1) is 0 Å². The zero-order chi connectivity index (χ0) is 40.0. The standard InChI is InChI=1S/C48H49O9P/c49-58(50,51)57-47-45(54-35-41-27-15-5-16-28-41)43(52-33-39-23-11-3-12-24-39)44(53-34-40-25-13-4-14-26-40)46(56-47)48(31-37-19-7-1-8-20-37,32-38-21-9-2-10-22-38)55-36-42-29-17-6-18-30-42/h1-30,43-47H,31-36H2,(H2,49,50,51)/t43-,44-,45-,46+,47-/m1/s1. The van der Waals surface area contributed by atoms with Crippen LogP contribution in [0.5, 0.6) is 0 Å². The van der Waals surface area contributed by atoms with E-state index in [4.69, 9.17) is 28.2 Å². The van der Waals surface area contributed by atoms with Gasteiger partial charge in [0.2, 0.25) is 0 Å². The molecule has 0 radical (unpaired) electrons. The normalized spacial score (nSPS) is 19.8. The number of hydrogen-bond donors (Lipinski definition) is 2. The Kier molecular flexibility index (Phi) is 14.5. The molecule has 1 aliphatic rings. The van der Waals surface area contributed by atoms with Gasteiger partial charge in [-0.05, 0) is 33.4 Å². The Hall–Kier alpha value is -4.77. The van der Waals surface area contributed by atoms with E-state index in [1.807, 2.05) is 182 Å². The van der Waals surface area contributed by atoms with E-state index in [0.29, 0.717) is 12.8 Å². The molecule has 0 aromatic heterocycles. The monoisotopic (exact) mass is 800 g/mol. The molecule has 0 unspecified atom stereocenters. The molecule has 2 N–H and O–H groups in total. The van der Waals surface area contributed by atoms with Gasteiger partial charge >= 0.3 is 7.82 Å². The lowest BCUT2D eigenvalue weighted by Crippen LogP contribution is -2.68. The van der Waals surface area contributed by atoms with Crippen molar-refractivity contribution in [2.45, 2.75) is 75.6 Å². The Morgan fingerprint density at radius 1 is 0.448 bits per heavy atom. The van der Waals surface area contributed by atoms with E-state index in [2.05, 4.69) is 0 Å². The SMILES string of the molecule is O=P(O)(O)O[C@H]1O[C@H](C(Cc2ccccc2)(Cc2ccccc2)OCc2ccccc2)[C@H](OCc2ccccc2)[C@@H](OCc2ccccc2)[C@H]1OCc1ccccc1. The summed E-state index contributed by atoms with van der Waals surface area (Å²) in [5.74, 6) is 0. The summed E-state index contributed by atoms with van der Waals surface area (Å²) >= 11 is 0. The molecular formula is C48H49O9P. The Morgan fingerprint density at radius 3 is 1.16 bits per heavy atom. The molecule has 6 aromatic carbocycles. The summed E-state index contributed by atoms with van der Waals surface area (Å²) in [6.07, 6.45) is -5.00. The predicted octanol–water partition coefficient (Wildman–Crippen LogP) is 9.02. The first-order valence-electron chi connectivity index (χ1n) is 19.5. The van der Waals surface area contributed by atoms with Crippen molar-refractivity contribution in [1.82, 2.24) is 0 Å². The number of rotatable bonds is 19. The maximum Gasteiger partial charge on any atom is 0.472 e. The van der Waals surface area contributed by atoms with Crippen molar-refractivity contribution in [3.8, 4) is 0 Å². The van der Waals surface area contributed by atoms with Gasteiger partial charge < -0.3 is 33.5 Å². The van der Waals surface area contributed by atoms with Crippen molar-refractivity contribution in [1.29, 1.82) is 0 Å². The average molecular weight is 801 g/mol. The smallest absolute Gasteiger partial charge is 0.368 e. The first-order valence-corrected chi connectivity index (χ1v) is 21.0. The van der Waals surface area contributed by atoms with Crippen LogP contribution in [0.4, 0.5) is 0 Å². The number of ether oxygens (including phenoxy) is 5. The molecule has 5 atom stereocenters. The molecule has 0 spiro atoms. The maximum absolute atomic E-state index is 12.9. The van der Waals surface area contributed by atoms with Crippen molar-refractivity contribution in [2.24, 2.45) is 0 Å².